The summed E-state index contributed by atoms with van der Waals surface area (Å²) in [6.45, 7) is 2.28. The summed E-state index contributed by atoms with van der Waals surface area (Å²) in [4.78, 5) is 0. The van der Waals surface area contributed by atoms with E-state index in [2.05, 4.69) is 21.2 Å². The number of likely N-dealkylation sites (N-methyl/N-ethyl adjacent to an activating group) is 1. The number of rotatable bonds is 5. The first-order chi connectivity index (χ1) is 8.31. The summed E-state index contributed by atoms with van der Waals surface area (Å²) in [5.74, 6) is 0. The molecule has 0 fully saturated rings. The molecule has 6 heteroatoms. The summed E-state index contributed by atoms with van der Waals surface area (Å²) < 4.78 is 38.1. The highest BCUT2D eigenvalue weighted by Crippen LogP contribution is 2.26. The number of benzene rings is 1. The zero-order chi connectivity index (χ0) is 13.8. The molecule has 1 atom stereocenters. The smallest absolute Gasteiger partial charge is 0.314 e. The van der Waals surface area contributed by atoms with E-state index in [1.807, 2.05) is 0 Å². The highest BCUT2D eigenvalue weighted by molar-refractivity contribution is 9.10. The topological polar surface area (TPSA) is 12.0 Å². The minimum Gasteiger partial charge on any atom is -0.314 e. The fourth-order valence-corrected chi connectivity index (χ4v) is 2.49. The van der Waals surface area contributed by atoms with Crippen molar-refractivity contribution in [2.24, 2.45) is 0 Å². The standard InChI is InChI=1S/C12H14BrClF3N/c1-2-18-10(7-12(15,16)17)5-8-3-4-9(13)6-11(8)14/h3-4,6,10,18H,2,5,7H2,1H3. The van der Waals surface area contributed by atoms with Crippen molar-refractivity contribution in [3.05, 3.63) is 33.3 Å². The molecular weight excluding hydrogens is 330 g/mol. The average molecular weight is 345 g/mol. The van der Waals surface area contributed by atoms with Gasteiger partial charge in [0.15, 0.2) is 0 Å². The van der Waals surface area contributed by atoms with Gasteiger partial charge in [-0.3, -0.25) is 0 Å². The molecule has 0 saturated carbocycles. The molecule has 0 spiro atoms. The predicted molar refractivity (Wildman–Crippen MR) is 71.0 cm³/mol. The Balaban J connectivity index is 2.76. The Bertz CT molecular complexity index is 395. The molecule has 0 radical (unpaired) electrons. The molecule has 0 amide bonds. The SMILES string of the molecule is CCNC(Cc1ccc(Br)cc1Cl)CC(F)(F)F. The third-order valence-corrected chi connectivity index (χ3v) is 3.30. The van der Waals surface area contributed by atoms with Crippen LogP contribution in [0.25, 0.3) is 0 Å². The van der Waals surface area contributed by atoms with Crippen LogP contribution in [0.2, 0.25) is 5.02 Å². The van der Waals surface area contributed by atoms with E-state index in [-0.39, 0.29) is 6.42 Å². The second-order valence-corrected chi connectivity index (χ2v) is 5.34. The van der Waals surface area contributed by atoms with Crippen LogP contribution in [0, 0.1) is 0 Å². The third-order valence-electron chi connectivity index (χ3n) is 2.45. The molecule has 1 rings (SSSR count). The molecule has 0 aliphatic carbocycles. The molecular formula is C12H14BrClF3N. The quantitative estimate of drug-likeness (QED) is 0.824. The molecule has 18 heavy (non-hydrogen) atoms. The van der Waals surface area contributed by atoms with Crippen molar-refractivity contribution in [1.29, 1.82) is 0 Å². The van der Waals surface area contributed by atoms with E-state index in [1.54, 1.807) is 25.1 Å². The van der Waals surface area contributed by atoms with Gasteiger partial charge >= 0.3 is 6.18 Å². The molecule has 1 N–H and O–H groups in total. The molecule has 0 aromatic heterocycles. The number of alkyl halides is 3. The van der Waals surface area contributed by atoms with Crippen LogP contribution in [0.5, 0.6) is 0 Å². The van der Waals surface area contributed by atoms with E-state index in [0.717, 1.165) is 10.0 Å². The fourth-order valence-electron chi connectivity index (χ4n) is 1.74. The van der Waals surface area contributed by atoms with E-state index in [1.165, 1.54) is 0 Å². The molecule has 102 valence electrons. The average Bonchev–Trinajstić information content (AvgIpc) is 2.20. The first kappa shape index (κ1) is 15.8. The number of hydrogen-bond donors (Lipinski definition) is 1. The Morgan fingerprint density at radius 2 is 2.06 bits per heavy atom. The molecule has 0 aliphatic heterocycles. The molecule has 1 aromatic rings. The van der Waals surface area contributed by atoms with Gasteiger partial charge in [-0.1, -0.05) is 40.5 Å². The fraction of sp³-hybridized carbons (Fsp3) is 0.500. The van der Waals surface area contributed by atoms with Gasteiger partial charge in [0.25, 0.3) is 0 Å². The van der Waals surface area contributed by atoms with Crippen LogP contribution in [0.3, 0.4) is 0 Å². The van der Waals surface area contributed by atoms with Crippen LogP contribution in [-0.4, -0.2) is 18.8 Å². The third kappa shape index (κ3) is 5.59. The minimum atomic E-state index is -4.17. The maximum atomic E-state index is 12.4. The first-order valence-corrected chi connectivity index (χ1v) is 6.73. The molecule has 1 nitrogen and oxygen atoms in total. The summed E-state index contributed by atoms with van der Waals surface area (Å²) in [5, 5.41) is 3.32. The lowest BCUT2D eigenvalue weighted by molar-refractivity contribution is -0.139. The van der Waals surface area contributed by atoms with E-state index >= 15 is 0 Å². The van der Waals surface area contributed by atoms with Crippen LogP contribution < -0.4 is 5.32 Å². The Hall–Kier alpha value is -0.260. The number of nitrogens with one attached hydrogen (secondary N) is 1. The lowest BCUT2D eigenvalue weighted by atomic mass is 10.0. The molecule has 0 aliphatic rings. The van der Waals surface area contributed by atoms with E-state index < -0.39 is 18.6 Å². The normalized spacial score (nSPS) is 13.7. The Morgan fingerprint density at radius 3 is 2.56 bits per heavy atom. The van der Waals surface area contributed by atoms with Gasteiger partial charge in [-0.2, -0.15) is 13.2 Å². The zero-order valence-corrected chi connectivity index (χ0v) is 12.2. The van der Waals surface area contributed by atoms with Crippen molar-refractivity contribution in [1.82, 2.24) is 5.32 Å². The highest BCUT2D eigenvalue weighted by atomic mass is 79.9. The molecule has 0 heterocycles. The summed E-state index contributed by atoms with van der Waals surface area (Å²) in [6, 6.07) is 4.56. The Kier molecular flexibility index (Phi) is 5.95. The predicted octanol–water partition coefficient (Wildman–Crippen LogP) is 4.58. The number of hydrogen-bond acceptors (Lipinski definition) is 1. The van der Waals surface area contributed by atoms with Gasteiger partial charge in [0, 0.05) is 15.5 Å². The van der Waals surface area contributed by atoms with E-state index in [4.69, 9.17) is 11.6 Å². The Morgan fingerprint density at radius 1 is 1.39 bits per heavy atom. The van der Waals surface area contributed by atoms with Gasteiger partial charge in [0.05, 0.1) is 6.42 Å². The second kappa shape index (κ2) is 6.78. The van der Waals surface area contributed by atoms with Gasteiger partial charge in [0.2, 0.25) is 0 Å². The molecule has 1 aromatic carbocycles. The second-order valence-electron chi connectivity index (χ2n) is 4.01. The van der Waals surface area contributed by atoms with Gasteiger partial charge in [0.1, 0.15) is 0 Å². The summed E-state index contributed by atoms with van der Waals surface area (Å²) in [5.41, 5.74) is 0.718. The van der Waals surface area contributed by atoms with Crippen molar-refractivity contribution in [3.63, 3.8) is 0 Å². The van der Waals surface area contributed by atoms with Crippen LogP contribution in [0.15, 0.2) is 22.7 Å². The van der Waals surface area contributed by atoms with Crippen LogP contribution in [-0.2, 0) is 6.42 Å². The van der Waals surface area contributed by atoms with E-state index in [9.17, 15) is 13.2 Å². The highest BCUT2D eigenvalue weighted by Gasteiger charge is 2.31. The van der Waals surface area contributed by atoms with Gasteiger partial charge in [-0.25, -0.2) is 0 Å². The molecule has 0 saturated heterocycles. The van der Waals surface area contributed by atoms with Crippen molar-refractivity contribution in [2.75, 3.05) is 6.54 Å². The zero-order valence-electron chi connectivity index (χ0n) is 9.82. The van der Waals surface area contributed by atoms with Gasteiger partial charge in [-0.15, -0.1) is 0 Å². The maximum absolute atomic E-state index is 12.4. The van der Waals surface area contributed by atoms with Crippen LogP contribution in [0.1, 0.15) is 18.9 Å². The van der Waals surface area contributed by atoms with Crippen molar-refractivity contribution >= 4 is 27.5 Å². The minimum absolute atomic E-state index is 0.263. The van der Waals surface area contributed by atoms with E-state index in [0.29, 0.717) is 11.6 Å². The lowest BCUT2D eigenvalue weighted by Crippen LogP contribution is -2.35. The summed E-state index contributed by atoms with van der Waals surface area (Å²) >= 11 is 9.27. The summed E-state index contributed by atoms with van der Waals surface area (Å²) in [7, 11) is 0. The Labute approximate surface area is 118 Å². The molecule has 0 bridgehead atoms. The van der Waals surface area contributed by atoms with Crippen LogP contribution >= 0.6 is 27.5 Å². The van der Waals surface area contributed by atoms with Crippen molar-refractivity contribution in [2.45, 2.75) is 32.0 Å². The largest absolute Gasteiger partial charge is 0.390 e. The van der Waals surface area contributed by atoms with Gasteiger partial charge < -0.3 is 5.32 Å². The summed E-state index contributed by atoms with van der Waals surface area (Å²) in [6.07, 6.45) is -4.76. The number of halogens is 5. The lowest BCUT2D eigenvalue weighted by Gasteiger charge is -2.20. The first-order valence-electron chi connectivity index (χ1n) is 5.56. The molecule has 1 unspecified atom stereocenters. The monoisotopic (exact) mass is 343 g/mol. The van der Waals surface area contributed by atoms with Gasteiger partial charge in [-0.05, 0) is 30.7 Å². The van der Waals surface area contributed by atoms with Crippen molar-refractivity contribution in [3.8, 4) is 0 Å². The van der Waals surface area contributed by atoms with Crippen molar-refractivity contribution < 1.29 is 13.2 Å². The van der Waals surface area contributed by atoms with Crippen LogP contribution in [0.4, 0.5) is 13.2 Å². The maximum Gasteiger partial charge on any atom is 0.390 e.